The lowest BCUT2D eigenvalue weighted by Crippen LogP contribution is -2.10. The summed E-state index contributed by atoms with van der Waals surface area (Å²) >= 11 is 0. The van der Waals surface area contributed by atoms with Crippen LogP contribution in [0.5, 0.6) is 5.75 Å². The predicted octanol–water partition coefficient (Wildman–Crippen LogP) is 3.00. The molecule has 0 saturated heterocycles. The number of ether oxygens (including phenoxy) is 1. The van der Waals surface area contributed by atoms with Gasteiger partial charge in [-0.3, -0.25) is 4.79 Å². The molecule has 0 aliphatic carbocycles. The maximum Gasteiger partial charge on any atom is 0.341 e. The van der Waals surface area contributed by atoms with Gasteiger partial charge in [0.05, 0.1) is 0 Å². The lowest BCUT2D eigenvalue weighted by Gasteiger charge is -2.09. The molecule has 0 unspecified atom stereocenters. The van der Waals surface area contributed by atoms with Gasteiger partial charge in [0.25, 0.3) is 0 Å². The minimum Gasteiger partial charge on any atom is -0.482 e. The normalized spacial score (nSPS) is 10.2. The second-order valence-corrected chi connectivity index (χ2v) is 4.81. The van der Waals surface area contributed by atoms with E-state index < -0.39 is 12.6 Å². The fourth-order valence-corrected chi connectivity index (χ4v) is 2.08. The van der Waals surface area contributed by atoms with Gasteiger partial charge in [-0.2, -0.15) is 0 Å². The summed E-state index contributed by atoms with van der Waals surface area (Å²) in [4.78, 5) is 23.0. The summed E-state index contributed by atoms with van der Waals surface area (Å²) in [6.07, 6.45) is 0. The van der Waals surface area contributed by atoms with Crippen molar-refractivity contribution in [2.24, 2.45) is 0 Å². The highest BCUT2D eigenvalue weighted by molar-refractivity contribution is 6.10. The van der Waals surface area contributed by atoms with Gasteiger partial charge in [-0.1, -0.05) is 24.3 Å². The smallest absolute Gasteiger partial charge is 0.341 e. The Morgan fingerprint density at radius 1 is 1.05 bits per heavy atom. The first-order valence-electron chi connectivity index (χ1n) is 6.54. The maximum atomic E-state index is 12.5. The van der Waals surface area contributed by atoms with E-state index in [2.05, 4.69) is 0 Å². The van der Waals surface area contributed by atoms with E-state index in [-0.39, 0.29) is 5.78 Å². The Labute approximate surface area is 123 Å². The van der Waals surface area contributed by atoms with Crippen molar-refractivity contribution in [2.75, 3.05) is 6.61 Å². The Morgan fingerprint density at radius 3 is 2.38 bits per heavy atom. The molecule has 0 aliphatic rings. The van der Waals surface area contributed by atoms with Crippen molar-refractivity contribution in [3.8, 4) is 5.75 Å². The molecule has 0 aliphatic heterocycles. The quantitative estimate of drug-likeness (QED) is 0.857. The first kappa shape index (κ1) is 14.8. The summed E-state index contributed by atoms with van der Waals surface area (Å²) in [7, 11) is 0. The van der Waals surface area contributed by atoms with Crippen molar-refractivity contribution in [1.29, 1.82) is 0 Å². The predicted molar refractivity (Wildman–Crippen MR) is 78.9 cm³/mol. The standard InChI is InChI=1S/C17H16O4/c1-11-5-3-4-6-14(11)17(20)13-7-8-15(12(2)9-13)21-10-16(18)19/h3-9H,10H2,1-2H3,(H,18,19). The number of carbonyl (C=O) groups excluding carboxylic acids is 1. The molecule has 2 aromatic carbocycles. The lowest BCUT2D eigenvalue weighted by atomic mass is 9.98. The summed E-state index contributed by atoms with van der Waals surface area (Å²) < 4.78 is 5.15. The number of carboxylic acids is 1. The summed E-state index contributed by atoms with van der Waals surface area (Å²) in [5, 5.41) is 8.61. The molecule has 0 fully saturated rings. The molecule has 4 heteroatoms. The molecule has 2 rings (SSSR count). The number of hydrogen-bond donors (Lipinski definition) is 1. The highest BCUT2D eigenvalue weighted by Gasteiger charge is 2.13. The van der Waals surface area contributed by atoms with Gasteiger partial charge >= 0.3 is 5.97 Å². The van der Waals surface area contributed by atoms with E-state index in [1.165, 1.54) is 0 Å². The molecule has 0 amide bonds. The van der Waals surface area contributed by atoms with Crippen molar-refractivity contribution in [3.05, 3.63) is 64.7 Å². The zero-order valence-electron chi connectivity index (χ0n) is 11.9. The maximum absolute atomic E-state index is 12.5. The molecule has 0 spiro atoms. The number of carboxylic acid groups (broad SMARTS) is 1. The first-order chi connectivity index (χ1) is 9.99. The highest BCUT2D eigenvalue weighted by atomic mass is 16.5. The first-order valence-corrected chi connectivity index (χ1v) is 6.54. The third-order valence-electron chi connectivity index (χ3n) is 3.18. The molecule has 0 saturated carbocycles. The Hall–Kier alpha value is -2.62. The summed E-state index contributed by atoms with van der Waals surface area (Å²) in [5.74, 6) is -0.616. The fourth-order valence-electron chi connectivity index (χ4n) is 2.08. The van der Waals surface area contributed by atoms with Crippen LogP contribution < -0.4 is 4.74 Å². The molecule has 4 nitrogen and oxygen atoms in total. The third kappa shape index (κ3) is 3.48. The SMILES string of the molecule is Cc1cc(C(=O)c2ccccc2C)ccc1OCC(=O)O. The van der Waals surface area contributed by atoms with Gasteiger partial charge in [-0.05, 0) is 43.2 Å². The van der Waals surface area contributed by atoms with E-state index in [1.54, 1.807) is 31.2 Å². The van der Waals surface area contributed by atoms with Crippen LogP contribution >= 0.6 is 0 Å². The van der Waals surface area contributed by atoms with Gasteiger partial charge < -0.3 is 9.84 Å². The Bertz CT molecular complexity index is 689. The van der Waals surface area contributed by atoms with Crippen LogP contribution in [0.15, 0.2) is 42.5 Å². The van der Waals surface area contributed by atoms with Crippen molar-refractivity contribution < 1.29 is 19.4 Å². The van der Waals surface area contributed by atoms with Crippen molar-refractivity contribution in [3.63, 3.8) is 0 Å². The summed E-state index contributed by atoms with van der Waals surface area (Å²) in [6, 6.07) is 12.4. The third-order valence-corrected chi connectivity index (χ3v) is 3.18. The summed E-state index contributed by atoms with van der Waals surface area (Å²) in [5.41, 5.74) is 2.88. The van der Waals surface area contributed by atoms with Crippen LogP contribution in [-0.4, -0.2) is 23.5 Å². The van der Waals surface area contributed by atoms with E-state index in [0.717, 1.165) is 11.1 Å². The van der Waals surface area contributed by atoms with Gasteiger partial charge in [-0.25, -0.2) is 4.79 Å². The molecule has 1 N–H and O–H groups in total. The van der Waals surface area contributed by atoms with E-state index in [4.69, 9.17) is 9.84 Å². The van der Waals surface area contributed by atoms with E-state index in [1.807, 2.05) is 25.1 Å². The molecule has 0 bridgehead atoms. The number of hydrogen-bond acceptors (Lipinski definition) is 3. The second kappa shape index (κ2) is 6.22. The van der Waals surface area contributed by atoms with E-state index in [0.29, 0.717) is 16.9 Å². The van der Waals surface area contributed by atoms with Crippen molar-refractivity contribution >= 4 is 11.8 Å². The lowest BCUT2D eigenvalue weighted by molar-refractivity contribution is -0.139. The van der Waals surface area contributed by atoms with E-state index >= 15 is 0 Å². The van der Waals surface area contributed by atoms with Crippen LogP contribution in [0.3, 0.4) is 0 Å². The average Bonchev–Trinajstić information content (AvgIpc) is 2.45. The number of rotatable bonds is 5. The molecule has 108 valence electrons. The number of aryl methyl sites for hydroxylation is 2. The summed E-state index contributed by atoms with van der Waals surface area (Å²) in [6.45, 7) is 3.28. The molecule has 21 heavy (non-hydrogen) atoms. The fraction of sp³-hybridized carbons (Fsp3) is 0.176. The van der Waals surface area contributed by atoms with Crippen LogP contribution in [0, 0.1) is 13.8 Å². The molecule has 0 heterocycles. The van der Waals surface area contributed by atoms with Gasteiger partial charge in [0.2, 0.25) is 0 Å². The topological polar surface area (TPSA) is 63.6 Å². The minimum atomic E-state index is -1.03. The molecule has 0 radical (unpaired) electrons. The van der Waals surface area contributed by atoms with E-state index in [9.17, 15) is 9.59 Å². The van der Waals surface area contributed by atoms with Crippen molar-refractivity contribution in [1.82, 2.24) is 0 Å². The Balaban J connectivity index is 2.26. The minimum absolute atomic E-state index is 0.0546. The zero-order valence-corrected chi connectivity index (χ0v) is 11.9. The van der Waals surface area contributed by atoms with Crippen LogP contribution in [0.4, 0.5) is 0 Å². The molecule has 0 atom stereocenters. The van der Waals surface area contributed by atoms with Crippen LogP contribution in [-0.2, 0) is 4.79 Å². The van der Waals surface area contributed by atoms with Crippen molar-refractivity contribution in [2.45, 2.75) is 13.8 Å². The van der Waals surface area contributed by atoms with Gasteiger partial charge in [0.1, 0.15) is 5.75 Å². The number of aliphatic carboxylic acids is 1. The molecular formula is C17H16O4. The van der Waals surface area contributed by atoms with Crippen LogP contribution in [0.25, 0.3) is 0 Å². The average molecular weight is 284 g/mol. The number of ketones is 1. The molecular weight excluding hydrogens is 268 g/mol. The Morgan fingerprint density at radius 2 is 1.76 bits per heavy atom. The largest absolute Gasteiger partial charge is 0.482 e. The zero-order chi connectivity index (χ0) is 15.4. The molecule has 2 aromatic rings. The monoisotopic (exact) mass is 284 g/mol. The van der Waals surface area contributed by atoms with Gasteiger partial charge in [0.15, 0.2) is 12.4 Å². The van der Waals surface area contributed by atoms with Gasteiger partial charge in [0, 0.05) is 11.1 Å². The number of benzene rings is 2. The van der Waals surface area contributed by atoms with Crippen LogP contribution in [0.2, 0.25) is 0 Å². The highest BCUT2D eigenvalue weighted by Crippen LogP contribution is 2.22. The van der Waals surface area contributed by atoms with Crippen LogP contribution in [0.1, 0.15) is 27.0 Å². The Kier molecular flexibility index (Phi) is 4.38. The van der Waals surface area contributed by atoms with Gasteiger partial charge in [-0.15, -0.1) is 0 Å². The molecule has 0 aromatic heterocycles. The second-order valence-electron chi connectivity index (χ2n) is 4.81. The number of carbonyl (C=O) groups is 2.